The number of carboxylic acids is 2. The third kappa shape index (κ3) is 16.3. The van der Waals surface area contributed by atoms with Gasteiger partial charge in [-0.1, -0.05) is 103 Å². The molecule has 0 unspecified atom stereocenters. The molecule has 8 nitrogen and oxygen atoms in total. The van der Waals surface area contributed by atoms with Gasteiger partial charge >= 0.3 is 39.2 Å². The summed E-state index contributed by atoms with van der Waals surface area (Å²) in [5.74, 6) is -2.56. The van der Waals surface area contributed by atoms with Crippen molar-refractivity contribution in [1.82, 2.24) is 0 Å². The molecule has 0 N–H and O–H groups in total. The van der Waals surface area contributed by atoms with Gasteiger partial charge in [-0.3, -0.25) is 0 Å². The first-order valence-electron chi connectivity index (χ1n) is 14.0. The molecule has 0 fully saturated rings. The number of aromatic carboxylic acids is 2. The van der Waals surface area contributed by atoms with E-state index in [9.17, 15) is 29.4 Å². The van der Waals surface area contributed by atoms with Crippen molar-refractivity contribution in [2.75, 3.05) is 13.2 Å². The third-order valence-corrected chi connectivity index (χ3v) is 6.05. The van der Waals surface area contributed by atoms with Crippen LogP contribution in [0.5, 0.6) is 0 Å². The van der Waals surface area contributed by atoms with Gasteiger partial charge in [0.25, 0.3) is 0 Å². The maximum Gasteiger partial charge on any atom is 2.00 e. The number of carbonyl (C=O) groups is 4. The van der Waals surface area contributed by atoms with Crippen LogP contribution in [0.15, 0.2) is 48.5 Å². The first-order valence-corrected chi connectivity index (χ1v) is 14.0. The summed E-state index contributed by atoms with van der Waals surface area (Å²) in [7, 11) is 0. The van der Waals surface area contributed by atoms with Crippen molar-refractivity contribution in [2.45, 2.75) is 79.1 Å². The van der Waals surface area contributed by atoms with Crippen LogP contribution in [0, 0.1) is 11.8 Å². The molecule has 2 rings (SSSR count). The Bertz CT molecular complexity index is 995. The van der Waals surface area contributed by atoms with Crippen LogP contribution in [0.4, 0.5) is 0 Å². The predicted molar refractivity (Wildman–Crippen MR) is 149 cm³/mol. The van der Waals surface area contributed by atoms with Gasteiger partial charge in [0.05, 0.1) is 36.3 Å². The zero-order valence-corrected chi connectivity index (χ0v) is 28.9. The summed E-state index contributed by atoms with van der Waals surface area (Å²) in [5.41, 5.74) is -0.154. The van der Waals surface area contributed by atoms with E-state index in [1.54, 1.807) is 24.3 Å². The minimum absolute atomic E-state index is 0. The molecule has 0 saturated carbocycles. The fourth-order valence-corrected chi connectivity index (χ4v) is 3.83. The molecule has 9 heteroatoms. The number of rotatable bonds is 16. The maximum atomic E-state index is 11.8. The number of unbranched alkanes of at least 4 members (excludes halogenated alkanes) is 4. The monoisotopic (exact) mass is 668 g/mol. The van der Waals surface area contributed by atoms with E-state index in [1.807, 2.05) is 0 Å². The van der Waals surface area contributed by atoms with Crippen LogP contribution in [-0.2, 0) is 36.8 Å². The van der Waals surface area contributed by atoms with Crippen LogP contribution < -0.4 is 10.2 Å². The molecule has 220 valence electrons. The van der Waals surface area contributed by atoms with Gasteiger partial charge in [0, 0.05) is 11.1 Å². The molecule has 2 aromatic carbocycles. The second-order valence-corrected chi connectivity index (χ2v) is 10.4. The van der Waals surface area contributed by atoms with Gasteiger partial charge < -0.3 is 29.3 Å². The number of esters is 2. The Morgan fingerprint density at radius 3 is 1.17 bits per heavy atom. The summed E-state index contributed by atoms with van der Waals surface area (Å²) in [6, 6.07) is 11.9. The van der Waals surface area contributed by atoms with Crippen molar-refractivity contribution in [3.8, 4) is 0 Å². The molecule has 0 atom stereocenters. The molecule has 0 heterocycles. The average Bonchev–Trinajstić information content (AvgIpc) is 2.92. The Balaban J connectivity index is 0.000000762. The summed E-state index contributed by atoms with van der Waals surface area (Å²) in [6.07, 6.45) is 8.18. The van der Waals surface area contributed by atoms with Crippen LogP contribution in [0.2, 0.25) is 0 Å². The Labute approximate surface area is 264 Å². The van der Waals surface area contributed by atoms with E-state index in [0.29, 0.717) is 25.0 Å². The summed E-state index contributed by atoms with van der Waals surface area (Å²) in [5, 5.41) is 21.8. The van der Waals surface area contributed by atoms with Crippen LogP contribution in [0.3, 0.4) is 0 Å². The second kappa shape index (κ2) is 21.9. The van der Waals surface area contributed by atoms with Gasteiger partial charge in [0.15, 0.2) is 0 Å². The summed E-state index contributed by atoms with van der Waals surface area (Å²) < 4.78 is 10.2. The largest absolute Gasteiger partial charge is 2.00 e. The Kier molecular flexibility index (Phi) is 20.4. The number of hydrogen-bond donors (Lipinski definition) is 0. The molecule has 0 bridgehead atoms. The molecule has 0 aromatic heterocycles. The van der Waals surface area contributed by atoms with E-state index in [2.05, 4.69) is 27.7 Å². The van der Waals surface area contributed by atoms with Crippen LogP contribution in [-0.4, -0.2) is 37.1 Å². The Hall–Kier alpha value is -2.76. The first-order chi connectivity index (χ1) is 19.0. The molecule has 2 aromatic rings. The van der Waals surface area contributed by atoms with Crippen LogP contribution >= 0.6 is 0 Å². The van der Waals surface area contributed by atoms with Crippen molar-refractivity contribution < 1.29 is 66.2 Å². The van der Waals surface area contributed by atoms with Gasteiger partial charge in [-0.25, -0.2) is 9.59 Å². The fourth-order valence-electron chi connectivity index (χ4n) is 3.83. The number of carbonyl (C=O) groups excluding carboxylic acids is 4. The van der Waals surface area contributed by atoms with Gasteiger partial charge in [0.1, 0.15) is 0 Å². The van der Waals surface area contributed by atoms with E-state index in [-0.39, 0.29) is 49.6 Å². The SMILES string of the molecule is CC(C)CCCCCOC(=O)c1ccccc1C(=O)[O-].CC(C)CCCCCOC(=O)c1ccccc1C(=O)[O-].[Cd+2]. The van der Waals surface area contributed by atoms with Crippen molar-refractivity contribution in [2.24, 2.45) is 11.8 Å². The van der Waals surface area contributed by atoms with E-state index in [4.69, 9.17) is 9.47 Å². The van der Waals surface area contributed by atoms with Crippen molar-refractivity contribution in [3.63, 3.8) is 0 Å². The Morgan fingerprint density at radius 2 is 0.878 bits per heavy atom. The van der Waals surface area contributed by atoms with E-state index in [1.165, 1.54) is 37.1 Å². The van der Waals surface area contributed by atoms with Gasteiger partial charge in [0.2, 0.25) is 0 Å². The zero-order valence-electron chi connectivity index (χ0n) is 24.8. The molecular formula is C32H42CdO8. The minimum Gasteiger partial charge on any atom is -0.545 e. The molecule has 0 saturated heterocycles. The topological polar surface area (TPSA) is 133 Å². The number of hydrogen-bond acceptors (Lipinski definition) is 8. The van der Waals surface area contributed by atoms with Gasteiger partial charge in [-0.05, 0) is 36.8 Å². The molecule has 0 radical (unpaired) electrons. The normalized spacial score (nSPS) is 10.3. The van der Waals surface area contributed by atoms with Crippen molar-refractivity contribution in [1.29, 1.82) is 0 Å². The smallest absolute Gasteiger partial charge is 0.545 e. The van der Waals surface area contributed by atoms with Crippen molar-refractivity contribution >= 4 is 23.9 Å². The summed E-state index contributed by atoms with van der Waals surface area (Å²) in [6.45, 7) is 9.35. The molecule has 0 aliphatic heterocycles. The summed E-state index contributed by atoms with van der Waals surface area (Å²) >= 11 is 0. The van der Waals surface area contributed by atoms with Crippen molar-refractivity contribution in [3.05, 3.63) is 70.8 Å². The molecule has 0 aliphatic carbocycles. The van der Waals surface area contributed by atoms with E-state index < -0.39 is 23.9 Å². The van der Waals surface area contributed by atoms with Crippen LogP contribution in [0.1, 0.15) is 120 Å². The zero-order chi connectivity index (χ0) is 29.9. The van der Waals surface area contributed by atoms with E-state index >= 15 is 0 Å². The van der Waals surface area contributed by atoms with Gasteiger partial charge in [-0.15, -0.1) is 0 Å². The molecule has 0 amide bonds. The fraction of sp³-hybridized carbons (Fsp3) is 0.500. The predicted octanol–water partition coefficient (Wildman–Crippen LogP) is 4.84. The van der Waals surface area contributed by atoms with Crippen LogP contribution in [0.25, 0.3) is 0 Å². The third-order valence-electron chi connectivity index (χ3n) is 6.05. The minimum atomic E-state index is -1.37. The average molecular weight is 667 g/mol. The molecule has 0 aliphatic rings. The molecule has 41 heavy (non-hydrogen) atoms. The van der Waals surface area contributed by atoms with E-state index in [0.717, 1.165) is 38.5 Å². The first kappa shape index (κ1) is 38.2. The second-order valence-electron chi connectivity index (χ2n) is 10.4. The standard InChI is InChI=1S/2C16H22O4.Cd/c2*1-12(2)8-4-3-7-11-20-16(19)14-10-6-5-9-13(14)15(17)18;/h2*5-6,9-10,12H,3-4,7-8,11H2,1-2H3,(H,17,18);/q;;+2/p-2. The quantitative estimate of drug-likeness (QED) is 0.141. The number of benzene rings is 2. The van der Waals surface area contributed by atoms with Gasteiger partial charge in [-0.2, -0.15) is 0 Å². The summed E-state index contributed by atoms with van der Waals surface area (Å²) in [4.78, 5) is 45.4. The maximum absolute atomic E-state index is 11.8. The number of carboxylic acid groups (broad SMARTS) is 2. The Morgan fingerprint density at radius 1 is 0.561 bits per heavy atom. The molecular weight excluding hydrogens is 625 g/mol. The number of ether oxygens (including phenoxy) is 2. The molecule has 0 spiro atoms.